The third-order valence-electron chi connectivity index (χ3n) is 8.23. The van der Waals surface area contributed by atoms with E-state index >= 15 is 0 Å². The van der Waals surface area contributed by atoms with Gasteiger partial charge < -0.3 is 39.0 Å². The highest BCUT2D eigenvalue weighted by Crippen LogP contribution is 2.44. The van der Waals surface area contributed by atoms with E-state index in [4.69, 9.17) is 34.4 Å². The number of carbonyl (C=O) groups excluding carboxylic acids is 2. The third kappa shape index (κ3) is 5.14. The first-order valence-corrected chi connectivity index (χ1v) is 17.0. The minimum absolute atomic E-state index is 0.0683. The van der Waals surface area contributed by atoms with Crippen LogP contribution in [0.4, 0.5) is 23.0 Å². The summed E-state index contributed by atoms with van der Waals surface area (Å²) in [7, 11) is 1.90. The van der Waals surface area contributed by atoms with E-state index in [1.807, 2.05) is 41.9 Å². The molecule has 0 unspecified atom stereocenters. The van der Waals surface area contributed by atoms with Crippen LogP contribution >= 0.6 is 34.4 Å². The number of primary amides is 2. The van der Waals surface area contributed by atoms with Crippen molar-refractivity contribution in [2.24, 2.45) is 18.5 Å². The molecule has 0 fully saturated rings. The summed E-state index contributed by atoms with van der Waals surface area (Å²) in [5.74, 6) is -1.12. The molecule has 51 heavy (non-hydrogen) atoms. The zero-order valence-corrected chi connectivity index (χ0v) is 28.7. The molecule has 0 bridgehead atoms. The number of aromatic nitrogens is 5. The van der Waals surface area contributed by atoms with Crippen LogP contribution in [0.15, 0.2) is 48.5 Å². The van der Waals surface area contributed by atoms with E-state index in [9.17, 15) is 20.1 Å². The molecule has 8 aromatic rings. The molecule has 0 aliphatic heterocycles. The van der Waals surface area contributed by atoms with Gasteiger partial charge in [0.2, 0.25) is 0 Å². The Morgan fingerprint density at radius 2 is 1.29 bits per heavy atom. The van der Waals surface area contributed by atoms with Crippen LogP contribution in [-0.2, 0) is 7.05 Å². The lowest BCUT2D eigenvalue weighted by Gasteiger charge is -2.11. The summed E-state index contributed by atoms with van der Waals surface area (Å²) in [6.07, 6.45) is 0. The van der Waals surface area contributed by atoms with Crippen molar-refractivity contribution in [3.05, 3.63) is 69.4 Å². The van der Waals surface area contributed by atoms with E-state index in [0.717, 1.165) is 56.5 Å². The number of para-hydroxylation sites is 1. The molecule has 0 aliphatic rings. The van der Waals surface area contributed by atoms with Crippen molar-refractivity contribution in [1.29, 1.82) is 10.5 Å². The van der Waals surface area contributed by atoms with E-state index in [1.165, 1.54) is 0 Å². The first-order chi connectivity index (χ1) is 24.4. The highest BCUT2D eigenvalue weighted by Gasteiger charge is 2.26. The van der Waals surface area contributed by atoms with Gasteiger partial charge in [0.15, 0.2) is 0 Å². The Morgan fingerprint density at radius 3 is 1.86 bits per heavy atom. The van der Waals surface area contributed by atoms with Crippen LogP contribution in [0.3, 0.4) is 0 Å². The van der Waals surface area contributed by atoms with Crippen LogP contribution in [0.25, 0.3) is 64.8 Å². The number of rotatable bonds is 4. The number of amides is 2. The van der Waals surface area contributed by atoms with Gasteiger partial charge in [-0.25, -0.2) is 9.97 Å². The second-order valence-electron chi connectivity index (χ2n) is 11.1. The maximum Gasteiger partial charge on any atom is 0.260 e. The maximum absolute atomic E-state index is 11.7. The van der Waals surface area contributed by atoms with Gasteiger partial charge in [0, 0.05) is 39.8 Å². The monoisotopic (exact) mass is 729 g/mol. The number of nitriles is 2. The van der Waals surface area contributed by atoms with Gasteiger partial charge in [0.25, 0.3) is 11.8 Å². The minimum atomic E-state index is -0.650. The molecule has 0 radical (unpaired) electrons. The zero-order chi connectivity index (χ0) is 36.3. The first-order valence-electron chi connectivity index (χ1n) is 14.6. The average molecular weight is 730 g/mol. The van der Waals surface area contributed by atoms with Crippen LogP contribution in [0.2, 0.25) is 0 Å². The van der Waals surface area contributed by atoms with Gasteiger partial charge in [0.1, 0.15) is 65.3 Å². The first kappa shape index (κ1) is 32.7. The van der Waals surface area contributed by atoms with Crippen LogP contribution in [0, 0.1) is 22.7 Å². The van der Waals surface area contributed by atoms with E-state index in [-0.39, 0.29) is 43.9 Å². The minimum Gasteiger partial charge on any atom is -0.397 e. The van der Waals surface area contributed by atoms with Gasteiger partial charge in [-0.05, 0) is 29.8 Å². The number of fused-ring (bicyclic) bond motifs is 4. The molecular weight excluding hydrogens is 707 g/mol. The number of benzene rings is 2. The Morgan fingerprint density at radius 1 is 0.745 bits per heavy atom. The maximum atomic E-state index is 11.7. The molecular formula is C33H23N13O2S3. The Bertz CT molecular complexity index is 2870. The summed E-state index contributed by atoms with van der Waals surface area (Å²) >= 11 is 3.23. The highest BCUT2D eigenvalue weighted by molar-refractivity contribution is 7.21. The van der Waals surface area contributed by atoms with Gasteiger partial charge in [-0.2, -0.15) is 19.3 Å². The van der Waals surface area contributed by atoms with Gasteiger partial charge in [-0.3, -0.25) is 9.59 Å². The molecule has 0 spiro atoms. The number of aryl methyl sites for hydroxylation is 1. The largest absolute Gasteiger partial charge is 0.397 e. The lowest BCUT2D eigenvalue weighted by molar-refractivity contribution is 0.0996. The number of thiophene rings is 2. The standard InChI is InChI=1S/C18H14N6OS.C15H9N7OS2/c1-24-10-5-3-2-4-8(10)6-11(24)12-9(7-19)16(21)23-18-13(12)14(20)15(26-18)17(22)25;16-4-6-9(5-1-2-7-8(3-5)22-25-21-7)10-11(17)12(14(19)23)24-15(10)20-13(6)18/h2-6H,20H2,1H3,(H2,21,23)(H2,22,25);1-3H,17H2,(H2,18,20)(H2,19,23). The highest BCUT2D eigenvalue weighted by atomic mass is 32.1. The molecule has 0 saturated heterocycles. The van der Waals surface area contributed by atoms with E-state index < -0.39 is 11.8 Å². The second-order valence-corrected chi connectivity index (χ2v) is 13.6. The Hall–Kier alpha value is -6.86. The lowest BCUT2D eigenvalue weighted by atomic mass is 9.97. The number of nitrogens with zero attached hydrogens (tertiary/aromatic N) is 7. The molecule has 250 valence electrons. The van der Waals surface area contributed by atoms with Crippen molar-refractivity contribution >= 4 is 112 Å². The van der Waals surface area contributed by atoms with Crippen molar-refractivity contribution in [1.82, 2.24) is 23.3 Å². The molecule has 18 heteroatoms. The summed E-state index contributed by atoms with van der Waals surface area (Å²) < 4.78 is 10.3. The Kier molecular flexibility index (Phi) is 7.84. The number of hydrogen-bond donors (Lipinski definition) is 6. The molecule has 6 heterocycles. The average Bonchev–Trinajstić information content (AvgIpc) is 3.87. The SMILES string of the molecule is Cn1c(-c2c(C#N)c(N)nc3sc(C(N)=O)c(N)c23)cc2ccccc21.N#Cc1c(N)nc2sc(C(N)=O)c(N)c2c1-c1ccc2nsnc2c1. The lowest BCUT2D eigenvalue weighted by Crippen LogP contribution is -2.10. The molecule has 15 nitrogen and oxygen atoms in total. The molecule has 2 aromatic carbocycles. The smallest absolute Gasteiger partial charge is 0.260 e. The fourth-order valence-electron chi connectivity index (χ4n) is 5.94. The zero-order valence-electron chi connectivity index (χ0n) is 26.3. The van der Waals surface area contributed by atoms with Crippen molar-refractivity contribution < 1.29 is 9.59 Å². The van der Waals surface area contributed by atoms with Crippen LogP contribution < -0.4 is 34.4 Å². The van der Waals surface area contributed by atoms with E-state index in [2.05, 4.69) is 30.9 Å². The number of pyridine rings is 2. The molecule has 0 saturated carbocycles. The Balaban J connectivity index is 0.000000159. The van der Waals surface area contributed by atoms with Gasteiger partial charge in [0.05, 0.1) is 28.8 Å². The van der Waals surface area contributed by atoms with Crippen molar-refractivity contribution in [2.45, 2.75) is 0 Å². The quantitative estimate of drug-likeness (QED) is 0.144. The summed E-state index contributed by atoms with van der Waals surface area (Å²) in [6.45, 7) is 0. The second kappa shape index (κ2) is 12.2. The number of hydrogen-bond acceptors (Lipinski definition) is 15. The van der Waals surface area contributed by atoms with Crippen molar-refractivity contribution in [3.63, 3.8) is 0 Å². The molecule has 6 aromatic heterocycles. The fraction of sp³-hybridized carbons (Fsp3) is 0.0303. The van der Waals surface area contributed by atoms with Crippen LogP contribution in [0.1, 0.15) is 30.5 Å². The molecule has 0 aliphatic carbocycles. The third-order valence-corrected chi connectivity index (χ3v) is 11.0. The van der Waals surface area contributed by atoms with E-state index in [1.54, 1.807) is 18.2 Å². The number of nitrogen functional groups attached to an aromatic ring is 4. The van der Waals surface area contributed by atoms with Crippen LogP contribution in [-0.4, -0.2) is 35.1 Å². The summed E-state index contributed by atoms with van der Waals surface area (Å²) in [4.78, 5) is 33.1. The van der Waals surface area contributed by atoms with Crippen LogP contribution in [0.5, 0.6) is 0 Å². The molecule has 2 amide bonds. The van der Waals surface area contributed by atoms with Gasteiger partial charge in [-0.15, -0.1) is 22.7 Å². The topological polar surface area (TPSA) is 294 Å². The van der Waals surface area contributed by atoms with Gasteiger partial charge in [-0.1, -0.05) is 24.3 Å². The number of nitrogens with two attached hydrogens (primary N) is 6. The molecule has 12 N–H and O–H groups in total. The number of carbonyl (C=O) groups is 2. The Labute approximate surface area is 299 Å². The predicted octanol–water partition coefficient (Wildman–Crippen LogP) is 4.69. The number of anilines is 4. The van der Waals surface area contributed by atoms with Gasteiger partial charge >= 0.3 is 0 Å². The summed E-state index contributed by atoms with van der Waals surface area (Å²) in [5.41, 5.74) is 41.0. The molecule has 0 atom stereocenters. The summed E-state index contributed by atoms with van der Waals surface area (Å²) in [5, 5.41) is 21.3. The van der Waals surface area contributed by atoms with Crippen molar-refractivity contribution in [3.8, 4) is 34.5 Å². The molecule has 8 rings (SSSR count). The predicted molar refractivity (Wildman–Crippen MR) is 202 cm³/mol. The summed E-state index contributed by atoms with van der Waals surface area (Å²) in [6, 6.07) is 19.4. The fourth-order valence-corrected chi connectivity index (χ4v) is 8.39. The van der Waals surface area contributed by atoms with E-state index in [0.29, 0.717) is 42.6 Å². The normalized spacial score (nSPS) is 11.0. The van der Waals surface area contributed by atoms with Crippen molar-refractivity contribution in [2.75, 3.05) is 22.9 Å².